The Morgan fingerprint density at radius 2 is 1.28 bits per heavy atom. The Kier molecular flexibility index (Phi) is 11.6. The van der Waals surface area contributed by atoms with Crippen LogP contribution in [-0.4, -0.2) is 53.3 Å². The van der Waals surface area contributed by atoms with Crippen LogP contribution in [0.3, 0.4) is 0 Å². The SMILES string of the molecule is Nc1ccc(-n2c3c(c4ncnc(N)c42)CCC3)cc1.Nc1ncnc2c3c(n(-c4ccc(NC(=O)NC5CCCCC5)cc4)c12)COC3.O=C=NC1CCCCC1. The second-order valence-electron chi connectivity index (χ2n) is 15.4. The summed E-state index contributed by atoms with van der Waals surface area (Å²) >= 11 is 0. The first-order valence-electron chi connectivity index (χ1n) is 20.3. The van der Waals surface area contributed by atoms with E-state index in [0.717, 1.165) is 94.6 Å². The van der Waals surface area contributed by atoms with Crippen LogP contribution in [0.1, 0.15) is 93.1 Å². The van der Waals surface area contributed by atoms with Crippen LogP contribution in [0.5, 0.6) is 0 Å². The number of nitrogens with zero attached hydrogens (tertiary/aromatic N) is 7. The average Bonchev–Trinajstić information content (AvgIpc) is 4.04. The average molecular weight is 783 g/mol. The first-order chi connectivity index (χ1) is 28.4. The van der Waals surface area contributed by atoms with E-state index < -0.39 is 0 Å². The second kappa shape index (κ2) is 17.5. The van der Waals surface area contributed by atoms with E-state index in [0.29, 0.717) is 30.9 Å². The molecule has 0 radical (unpaired) electrons. The molecule has 2 saturated carbocycles. The van der Waals surface area contributed by atoms with Crippen LogP contribution in [0.4, 0.5) is 27.8 Å². The molecule has 4 aromatic heterocycles. The van der Waals surface area contributed by atoms with Gasteiger partial charge in [0.05, 0.1) is 30.5 Å². The number of anilines is 4. The zero-order valence-electron chi connectivity index (χ0n) is 32.6. The van der Waals surface area contributed by atoms with Crippen LogP contribution in [0.15, 0.2) is 66.2 Å². The normalized spacial score (nSPS) is 16.3. The number of carbonyl (C=O) groups excluding carboxylic acids is 2. The van der Waals surface area contributed by atoms with Crippen molar-refractivity contribution in [3.8, 4) is 11.4 Å². The molecule has 0 unspecified atom stereocenters. The summed E-state index contributed by atoms with van der Waals surface area (Å²) in [6.07, 6.45) is 19.6. The van der Waals surface area contributed by atoms with E-state index in [1.807, 2.05) is 48.5 Å². The lowest BCUT2D eigenvalue weighted by molar-refractivity contribution is 0.132. The summed E-state index contributed by atoms with van der Waals surface area (Å²) in [7, 11) is 0. The molecular weight excluding hydrogens is 733 g/mol. The fourth-order valence-electron chi connectivity index (χ4n) is 8.76. The minimum absolute atomic E-state index is 0.150. The number of benzene rings is 2. The summed E-state index contributed by atoms with van der Waals surface area (Å²) in [5.74, 6) is 0.972. The predicted octanol–water partition coefficient (Wildman–Crippen LogP) is 7.22. The quantitative estimate of drug-likeness (QED) is 0.0672. The summed E-state index contributed by atoms with van der Waals surface area (Å²) in [6, 6.07) is 16.0. The number of urea groups is 1. The van der Waals surface area contributed by atoms with E-state index in [1.165, 1.54) is 62.5 Å². The number of nitrogens with two attached hydrogens (primary N) is 3. The molecule has 2 aromatic carbocycles. The van der Waals surface area contributed by atoms with E-state index in [9.17, 15) is 9.59 Å². The first-order valence-corrected chi connectivity index (χ1v) is 20.3. The van der Waals surface area contributed by atoms with Crippen LogP contribution < -0.4 is 27.8 Å². The van der Waals surface area contributed by atoms with E-state index in [-0.39, 0.29) is 12.1 Å². The van der Waals surface area contributed by atoms with Gasteiger partial charge in [0.15, 0.2) is 11.6 Å². The van der Waals surface area contributed by atoms with Crippen molar-refractivity contribution in [2.75, 3.05) is 22.5 Å². The zero-order valence-corrected chi connectivity index (χ0v) is 32.6. The number of hydrogen-bond acceptors (Lipinski definition) is 11. The van der Waals surface area contributed by atoms with E-state index in [1.54, 1.807) is 12.4 Å². The highest BCUT2D eigenvalue weighted by molar-refractivity contribution is 5.93. The van der Waals surface area contributed by atoms with Crippen molar-refractivity contribution in [3.05, 3.63) is 83.7 Å². The van der Waals surface area contributed by atoms with Gasteiger partial charge in [-0.1, -0.05) is 38.5 Å². The number of amides is 2. The highest BCUT2D eigenvalue weighted by atomic mass is 16.5. The van der Waals surface area contributed by atoms with Gasteiger partial charge in [0.2, 0.25) is 6.08 Å². The molecule has 15 nitrogen and oxygen atoms in total. The van der Waals surface area contributed by atoms with Gasteiger partial charge in [-0.25, -0.2) is 34.5 Å². The summed E-state index contributed by atoms with van der Waals surface area (Å²) in [5.41, 5.74) is 29.8. The molecule has 15 heteroatoms. The van der Waals surface area contributed by atoms with Crippen molar-refractivity contribution >= 4 is 57.2 Å². The smallest absolute Gasteiger partial charge is 0.319 e. The molecule has 10 rings (SSSR count). The fraction of sp³-hybridized carbons (Fsp3) is 0.395. The van der Waals surface area contributed by atoms with Gasteiger partial charge in [-0.3, -0.25) is 0 Å². The van der Waals surface area contributed by atoms with Gasteiger partial charge in [-0.2, -0.15) is 0 Å². The maximum Gasteiger partial charge on any atom is 0.319 e. The monoisotopic (exact) mass is 782 g/mol. The predicted molar refractivity (Wildman–Crippen MR) is 226 cm³/mol. The fourth-order valence-corrected chi connectivity index (χ4v) is 8.76. The molecule has 0 saturated heterocycles. The molecule has 58 heavy (non-hydrogen) atoms. The number of rotatable bonds is 5. The molecule has 8 N–H and O–H groups in total. The van der Waals surface area contributed by atoms with Gasteiger partial charge in [-0.15, -0.1) is 0 Å². The number of nitrogen functional groups attached to an aromatic ring is 3. The number of aliphatic imine (C=N–C) groups is 1. The molecule has 3 aliphatic carbocycles. The lowest BCUT2D eigenvalue weighted by Crippen LogP contribution is -2.38. The van der Waals surface area contributed by atoms with Crippen LogP contribution >= 0.6 is 0 Å². The van der Waals surface area contributed by atoms with Crippen molar-refractivity contribution in [3.63, 3.8) is 0 Å². The Morgan fingerprint density at radius 3 is 1.91 bits per heavy atom. The number of ether oxygens (including phenoxy) is 1. The second-order valence-corrected chi connectivity index (χ2v) is 15.4. The zero-order chi connectivity index (χ0) is 40.0. The van der Waals surface area contributed by atoms with Crippen LogP contribution in [-0.2, 0) is 35.6 Å². The van der Waals surface area contributed by atoms with Crippen LogP contribution in [0.2, 0.25) is 0 Å². The van der Waals surface area contributed by atoms with E-state index in [2.05, 4.69) is 44.7 Å². The summed E-state index contributed by atoms with van der Waals surface area (Å²) in [6.45, 7) is 1.03. The third kappa shape index (κ3) is 8.09. The van der Waals surface area contributed by atoms with Crippen molar-refractivity contribution in [1.82, 2.24) is 34.4 Å². The Bertz CT molecular complexity index is 2440. The molecule has 5 heterocycles. The third-order valence-electron chi connectivity index (χ3n) is 11.6. The highest BCUT2D eigenvalue weighted by Crippen LogP contribution is 2.37. The van der Waals surface area contributed by atoms with Gasteiger partial charge in [-0.05, 0) is 99.0 Å². The number of isocyanates is 1. The van der Waals surface area contributed by atoms with Crippen LogP contribution in [0, 0.1) is 0 Å². The Hall–Kier alpha value is -6.31. The minimum atomic E-state index is -0.150. The Labute approximate surface area is 336 Å². The van der Waals surface area contributed by atoms with Crippen LogP contribution in [0.25, 0.3) is 33.4 Å². The Morgan fingerprint density at radius 1 is 0.690 bits per heavy atom. The molecule has 4 aliphatic rings. The summed E-state index contributed by atoms with van der Waals surface area (Å²) in [5, 5.41) is 6.00. The third-order valence-corrected chi connectivity index (χ3v) is 11.6. The molecule has 6 aromatic rings. The summed E-state index contributed by atoms with van der Waals surface area (Å²) in [4.78, 5) is 42.9. The van der Waals surface area contributed by atoms with E-state index >= 15 is 0 Å². The molecule has 2 fully saturated rings. The van der Waals surface area contributed by atoms with Gasteiger partial charge in [0.25, 0.3) is 0 Å². The molecule has 0 bridgehead atoms. The molecule has 1 aliphatic heterocycles. The van der Waals surface area contributed by atoms with Gasteiger partial charge in [0.1, 0.15) is 29.2 Å². The number of aryl methyl sites for hydroxylation is 1. The topological polar surface area (TPSA) is 219 Å². The lowest BCUT2D eigenvalue weighted by Gasteiger charge is -2.22. The molecule has 300 valence electrons. The number of nitrogens with one attached hydrogen (secondary N) is 2. The van der Waals surface area contributed by atoms with E-state index in [4.69, 9.17) is 21.9 Å². The minimum Gasteiger partial charge on any atom is -0.399 e. The number of aromatic nitrogens is 6. The standard InChI is InChI=1S/C21H24N6O2.C15H15N5.C7H11NO/c22-20-19-18(23-12-24-20)16-10-29-11-17(16)27(19)15-8-6-14(7-9-15)26-21(28)25-13-4-2-1-3-5-13;16-9-4-6-10(7-5-9)20-12-3-1-2-11(12)13-14(20)15(17)19-8-18-13;9-6-8-7-4-2-1-3-5-7/h6-9,12-13H,1-5,10-11H2,(H2,22,23,24)(H2,25,26,28);4-8H,1-3,16H2,(H2,17,18,19);7H,1-5H2. The van der Waals surface area contributed by atoms with Gasteiger partial charge < -0.3 is 41.7 Å². The largest absolute Gasteiger partial charge is 0.399 e. The maximum absolute atomic E-state index is 12.3. The maximum atomic E-state index is 12.3. The molecule has 0 atom stereocenters. The van der Waals surface area contributed by atoms with Crippen molar-refractivity contribution < 1.29 is 14.3 Å². The van der Waals surface area contributed by atoms with Crippen molar-refractivity contribution in [2.45, 2.75) is 109 Å². The molecule has 2 amide bonds. The lowest BCUT2D eigenvalue weighted by atomic mass is 9.96. The van der Waals surface area contributed by atoms with Gasteiger partial charge in [0, 0.05) is 40.0 Å². The van der Waals surface area contributed by atoms with Crippen molar-refractivity contribution in [1.29, 1.82) is 0 Å². The number of fused-ring (bicyclic) bond motifs is 6. The van der Waals surface area contributed by atoms with Gasteiger partial charge >= 0.3 is 6.03 Å². The highest BCUT2D eigenvalue weighted by Gasteiger charge is 2.27. The number of hydrogen-bond donors (Lipinski definition) is 5. The summed E-state index contributed by atoms with van der Waals surface area (Å²) < 4.78 is 9.87. The Balaban J connectivity index is 0.000000139. The first kappa shape index (κ1) is 38.6. The van der Waals surface area contributed by atoms with Crippen molar-refractivity contribution in [2.24, 2.45) is 4.99 Å². The number of carbonyl (C=O) groups is 1. The molecule has 0 spiro atoms. The molecular formula is C43H50N12O3.